The van der Waals surface area contributed by atoms with Crippen molar-refractivity contribution < 1.29 is 9.59 Å². The van der Waals surface area contributed by atoms with Crippen LogP contribution in [-0.2, 0) is 29.0 Å². The van der Waals surface area contributed by atoms with Gasteiger partial charge < -0.3 is 15.6 Å². The third kappa shape index (κ3) is 7.52. The molecule has 3 N–H and O–H groups in total. The Hall–Kier alpha value is -2.06. The number of nitrogens with two attached hydrogens (primary N) is 1. The average Bonchev–Trinajstić information content (AvgIpc) is 3.01. The van der Waals surface area contributed by atoms with Crippen molar-refractivity contribution in [1.82, 2.24) is 20.1 Å². The number of nitrogens with one attached hydrogen (secondary N) is 1. The lowest BCUT2D eigenvalue weighted by molar-refractivity contribution is -0.119. The van der Waals surface area contributed by atoms with Gasteiger partial charge in [-0.2, -0.15) is 0 Å². The molecule has 1 aromatic carbocycles. The normalized spacial score (nSPS) is 11.0. The van der Waals surface area contributed by atoms with Gasteiger partial charge >= 0.3 is 0 Å². The van der Waals surface area contributed by atoms with Crippen LogP contribution in [0.1, 0.15) is 31.7 Å². The number of aryl methyl sites for hydroxylation is 1. The minimum absolute atomic E-state index is 0.0586. The van der Waals surface area contributed by atoms with Crippen LogP contribution in [0.5, 0.6) is 0 Å². The number of hydrogen-bond acceptors (Lipinski definition) is 5. The van der Waals surface area contributed by atoms with Crippen LogP contribution in [0.4, 0.5) is 0 Å². The molecular formula is C19H26ClN5O2S. The van der Waals surface area contributed by atoms with Gasteiger partial charge in [0.2, 0.25) is 11.8 Å². The van der Waals surface area contributed by atoms with Crippen LogP contribution in [0.3, 0.4) is 0 Å². The smallest absolute Gasteiger partial charge is 0.230 e. The molecule has 0 fully saturated rings. The lowest BCUT2D eigenvalue weighted by Crippen LogP contribution is -2.27. The molecule has 0 bridgehead atoms. The maximum absolute atomic E-state index is 12.1. The molecule has 2 amide bonds. The molecule has 7 nitrogen and oxygen atoms in total. The van der Waals surface area contributed by atoms with E-state index in [0.29, 0.717) is 29.1 Å². The molecule has 1 heterocycles. The van der Waals surface area contributed by atoms with Gasteiger partial charge in [0.25, 0.3) is 0 Å². The highest BCUT2D eigenvalue weighted by Crippen LogP contribution is 2.19. The number of hydrogen-bond donors (Lipinski definition) is 2. The summed E-state index contributed by atoms with van der Waals surface area (Å²) < 4.78 is 1.97. The minimum atomic E-state index is -0.367. The van der Waals surface area contributed by atoms with Crippen molar-refractivity contribution in [2.75, 3.05) is 12.3 Å². The third-order valence-corrected chi connectivity index (χ3v) is 5.14. The summed E-state index contributed by atoms with van der Waals surface area (Å²) in [5, 5.41) is 12.6. The van der Waals surface area contributed by atoms with E-state index in [-0.39, 0.29) is 24.0 Å². The van der Waals surface area contributed by atoms with Gasteiger partial charge in [-0.05, 0) is 30.0 Å². The van der Waals surface area contributed by atoms with Gasteiger partial charge in [0.05, 0.1) is 5.75 Å². The lowest BCUT2D eigenvalue weighted by Gasteiger charge is -2.12. The van der Waals surface area contributed by atoms with Crippen LogP contribution in [0.15, 0.2) is 29.4 Å². The molecule has 0 radical (unpaired) electrons. The Balaban J connectivity index is 1.85. The van der Waals surface area contributed by atoms with E-state index < -0.39 is 0 Å². The number of aromatic nitrogens is 3. The number of rotatable bonds is 11. The number of carbonyl (C=O) groups is 2. The number of primary amides is 1. The van der Waals surface area contributed by atoms with Crippen LogP contribution >= 0.6 is 23.4 Å². The number of nitrogens with zero attached hydrogens (tertiary/aromatic N) is 3. The van der Waals surface area contributed by atoms with E-state index in [0.717, 1.165) is 24.4 Å². The summed E-state index contributed by atoms with van der Waals surface area (Å²) in [5.74, 6) is 0.936. The monoisotopic (exact) mass is 423 g/mol. The number of amides is 2. The predicted molar refractivity (Wildman–Crippen MR) is 111 cm³/mol. The fourth-order valence-corrected chi connectivity index (χ4v) is 3.50. The van der Waals surface area contributed by atoms with Crippen LogP contribution in [0, 0.1) is 5.92 Å². The van der Waals surface area contributed by atoms with Gasteiger partial charge in [-0.1, -0.05) is 49.3 Å². The second-order valence-corrected chi connectivity index (χ2v) is 8.26. The molecule has 2 rings (SSSR count). The van der Waals surface area contributed by atoms with Crippen molar-refractivity contribution in [2.24, 2.45) is 11.7 Å². The van der Waals surface area contributed by atoms with Gasteiger partial charge in [-0.15, -0.1) is 10.2 Å². The minimum Gasteiger partial charge on any atom is -0.370 e. The Kier molecular flexibility index (Phi) is 8.79. The highest BCUT2D eigenvalue weighted by Gasteiger charge is 2.15. The fourth-order valence-electron chi connectivity index (χ4n) is 2.57. The Morgan fingerprint density at radius 3 is 2.57 bits per heavy atom. The van der Waals surface area contributed by atoms with Gasteiger partial charge in [0.1, 0.15) is 5.82 Å². The maximum Gasteiger partial charge on any atom is 0.230 e. The second kappa shape index (κ2) is 11.1. The number of halogens is 1. The third-order valence-electron chi connectivity index (χ3n) is 3.92. The molecule has 28 heavy (non-hydrogen) atoms. The number of carbonyl (C=O) groups excluding carboxylic acids is 2. The van der Waals surface area contributed by atoms with Gasteiger partial charge in [0.15, 0.2) is 5.16 Å². The van der Waals surface area contributed by atoms with E-state index in [4.69, 9.17) is 17.3 Å². The molecule has 0 atom stereocenters. The molecule has 0 unspecified atom stereocenters. The van der Waals surface area contributed by atoms with Crippen molar-refractivity contribution in [1.29, 1.82) is 0 Å². The first-order valence-electron chi connectivity index (χ1n) is 9.19. The lowest BCUT2D eigenvalue weighted by atomic mass is 10.1. The molecule has 0 saturated carbocycles. The molecule has 0 aliphatic carbocycles. The first-order valence-corrected chi connectivity index (χ1v) is 10.6. The Morgan fingerprint density at radius 2 is 1.93 bits per heavy atom. The standard InChI is InChI=1S/C19H26ClN5O2S/c1-13(2)11-25-17(8-7-16(21)26)23-24-19(25)28-12-18(27)22-10-9-14-3-5-15(20)6-4-14/h3-6,13H,7-12H2,1-2H3,(H2,21,26)(H,22,27). The zero-order valence-corrected chi connectivity index (χ0v) is 17.7. The molecule has 0 aliphatic rings. The summed E-state index contributed by atoms with van der Waals surface area (Å²) in [4.78, 5) is 23.2. The van der Waals surface area contributed by atoms with Crippen molar-refractivity contribution in [3.05, 3.63) is 40.7 Å². The predicted octanol–water partition coefficient (Wildman–Crippen LogP) is 2.46. The largest absolute Gasteiger partial charge is 0.370 e. The van der Waals surface area contributed by atoms with Gasteiger partial charge in [-0.25, -0.2) is 0 Å². The van der Waals surface area contributed by atoms with Crippen LogP contribution < -0.4 is 11.1 Å². The van der Waals surface area contributed by atoms with E-state index >= 15 is 0 Å². The van der Waals surface area contributed by atoms with Crippen LogP contribution in [0.2, 0.25) is 5.02 Å². The highest BCUT2D eigenvalue weighted by molar-refractivity contribution is 7.99. The van der Waals surface area contributed by atoms with Crippen molar-refractivity contribution in [2.45, 2.75) is 44.8 Å². The number of thioether (sulfide) groups is 1. The van der Waals surface area contributed by atoms with Crippen molar-refractivity contribution in [3.63, 3.8) is 0 Å². The van der Waals surface area contributed by atoms with E-state index in [1.807, 2.05) is 28.8 Å². The molecular weight excluding hydrogens is 398 g/mol. The zero-order valence-electron chi connectivity index (χ0n) is 16.2. The number of benzene rings is 1. The molecule has 1 aromatic heterocycles. The Labute approximate surface area is 174 Å². The van der Waals surface area contributed by atoms with Crippen LogP contribution in [-0.4, -0.2) is 38.9 Å². The highest BCUT2D eigenvalue weighted by atomic mass is 35.5. The summed E-state index contributed by atoms with van der Waals surface area (Å²) >= 11 is 7.21. The molecule has 0 spiro atoms. The molecule has 0 saturated heterocycles. The Bertz CT molecular complexity index is 792. The van der Waals surface area contributed by atoms with E-state index in [1.54, 1.807) is 0 Å². The Morgan fingerprint density at radius 1 is 1.21 bits per heavy atom. The molecule has 152 valence electrons. The molecule has 0 aliphatic heterocycles. The van der Waals surface area contributed by atoms with E-state index in [9.17, 15) is 9.59 Å². The van der Waals surface area contributed by atoms with E-state index in [2.05, 4.69) is 29.4 Å². The molecule has 9 heteroatoms. The summed E-state index contributed by atoms with van der Waals surface area (Å²) in [6, 6.07) is 7.58. The SMILES string of the molecule is CC(C)Cn1c(CCC(N)=O)nnc1SCC(=O)NCCc1ccc(Cl)cc1. The average molecular weight is 424 g/mol. The maximum atomic E-state index is 12.1. The van der Waals surface area contributed by atoms with Gasteiger partial charge in [0, 0.05) is 31.0 Å². The quantitative estimate of drug-likeness (QED) is 0.540. The fraction of sp³-hybridized carbons (Fsp3) is 0.474. The molecule has 2 aromatic rings. The summed E-state index contributed by atoms with van der Waals surface area (Å²) in [7, 11) is 0. The van der Waals surface area contributed by atoms with Crippen molar-refractivity contribution in [3.8, 4) is 0 Å². The summed E-state index contributed by atoms with van der Waals surface area (Å²) in [6.07, 6.45) is 1.42. The zero-order chi connectivity index (χ0) is 20.5. The topological polar surface area (TPSA) is 103 Å². The first-order chi connectivity index (χ1) is 13.3. The first kappa shape index (κ1) is 22.2. The summed E-state index contributed by atoms with van der Waals surface area (Å²) in [5.41, 5.74) is 6.35. The van der Waals surface area contributed by atoms with Crippen molar-refractivity contribution >= 4 is 35.2 Å². The van der Waals surface area contributed by atoms with Crippen LogP contribution in [0.25, 0.3) is 0 Å². The van der Waals surface area contributed by atoms with Gasteiger partial charge in [-0.3, -0.25) is 9.59 Å². The van der Waals surface area contributed by atoms with E-state index in [1.165, 1.54) is 11.8 Å². The second-order valence-electron chi connectivity index (χ2n) is 6.88. The summed E-state index contributed by atoms with van der Waals surface area (Å²) in [6.45, 7) is 5.47.